The van der Waals surface area contributed by atoms with Gasteiger partial charge in [-0.15, -0.1) is 0 Å². The lowest BCUT2D eigenvalue weighted by molar-refractivity contribution is 0.205. The Morgan fingerprint density at radius 2 is 2.29 bits per heavy atom. The van der Waals surface area contributed by atoms with Gasteiger partial charge in [-0.3, -0.25) is 4.90 Å². The fourth-order valence-electron chi connectivity index (χ4n) is 3.15. The van der Waals surface area contributed by atoms with Gasteiger partial charge in [0.1, 0.15) is 11.9 Å². The minimum Gasteiger partial charge on any atom is -0.489 e. The maximum Gasteiger partial charge on any atom is 0.188 e. The molecule has 0 aliphatic carbocycles. The van der Waals surface area contributed by atoms with Crippen molar-refractivity contribution in [2.24, 2.45) is 10.7 Å². The molecule has 5 nitrogen and oxygen atoms in total. The van der Waals surface area contributed by atoms with E-state index in [-0.39, 0.29) is 6.10 Å². The molecular weight excluding hydrogens is 300 g/mol. The van der Waals surface area contributed by atoms with Crippen LogP contribution in [-0.4, -0.2) is 49.2 Å². The highest BCUT2D eigenvalue weighted by atomic mass is 16.5. The third kappa shape index (κ3) is 5.71. The summed E-state index contributed by atoms with van der Waals surface area (Å²) in [5, 5.41) is 3.27. The number of nitrogens with two attached hydrogens (primary N) is 1. The van der Waals surface area contributed by atoms with Crippen LogP contribution in [0.1, 0.15) is 38.7 Å². The summed E-state index contributed by atoms with van der Waals surface area (Å²) in [5.41, 5.74) is 7.22. The lowest BCUT2D eigenvalue weighted by Gasteiger charge is -2.23. The van der Waals surface area contributed by atoms with Crippen LogP contribution in [0, 0.1) is 6.92 Å². The molecule has 3 N–H and O–H groups in total. The second-order valence-corrected chi connectivity index (χ2v) is 6.50. The molecular formula is C19H32N4O. The quantitative estimate of drug-likeness (QED) is 0.567. The second-order valence-electron chi connectivity index (χ2n) is 6.50. The lowest BCUT2D eigenvalue weighted by Crippen LogP contribution is -2.43. The molecule has 2 rings (SSSR count). The predicted octanol–water partition coefficient (Wildman–Crippen LogP) is 2.54. The lowest BCUT2D eigenvalue weighted by atomic mass is 10.2. The highest BCUT2D eigenvalue weighted by Crippen LogP contribution is 2.16. The summed E-state index contributed by atoms with van der Waals surface area (Å²) >= 11 is 0. The van der Waals surface area contributed by atoms with Gasteiger partial charge in [0.25, 0.3) is 0 Å². The number of nitrogens with zero attached hydrogens (tertiary/aromatic N) is 2. The van der Waals surface area contributed by atoms with Gasteiger partial charge >= 0.3 is 0 Å². The van der Waals surface area contributed by atoms with Gasteiger partial charge in [-0.25, -0.2) is 4.99 Å². The molecule has 1 aliphatic rings. The van der Waals surface area contributed by atoms with E-state index in [4.69, 9.17) is 10.5 Å². The minimum absolute atomic E-state index is 0.0470. The van der Waals surface area contributed by atoms with E-state index in [1.165, 1.54) is 24.9 Å². The van der Waals surface area contributed by atoms with Gasteiger partial charge in [-0.2, -0.15) is 0 Å². The molecule has 5 heteroatoms. The second kappa shape index (κ2) is 9.52. The van der Waals surface area contributed by atoms with Gasteiger partial charge in [-0.05, 0) is 57.0 Å². The number of nitrogens with one attached hydrogen (secondary N) is 1. The zero-order valence-corrected chi connectivity index (χ0v) is 15.3. The van der Waals surface area contributed by atoms with Crippen molar-refractivity contribution in [1.82, 2.24) is 10.2 Å². The van der Waals surface area contributed by atoms with Crippen molar-refractivity contribution in [1.29, 1.82) is 0 Å². The number of hydrogen-bond donors (Lipinski definition) is 2. The van der Waals surface area contributed by atoms with Crippen LogP contribution < -0.4 is 15.8 Å². The van der Waals surface area contributed by atoms with Gasteiger partial charge in [0.2, 0.25) is 0 Å². The molecule has 0 amide bonds. The summed E-state index contributed by atoms with van der Waals surface area (Å²) < 4.78 is 6.01. The van der Waals surface area contributed by atoms with Crippen LogP contribution in [0.3, 0.4) is 0 Å². The number of rotatable bonds is 8. The molecule has 0 saturated carbocycles. The summed E-state index contributed by atoms with van der Waals surface area (Å²) in [6.07, 6.45) is 3.46. The van der Waals surface area contributed by atoms with Crippen LogP contribution in [0.2, 0.25) is 0 Å². The maximum absolute atomic E-state index is 6.02. The van der Waals surface area contributed by atoms with E-state index >= 15 is 0 Å². The van der Waals surface area contributed by atoms with Crippen molar-refractivity contribution in [3.8, 4) is 5.75 Å². The fourth-order valence-corrected chi connectivity index (χ4v) is 3.15. The van der Waals surface area contributed by atoms with Gasteiger partial charge < -0.3 is 15.8 Å². The summed E-state index contributed by atoms with van der Waals surface area (Å²) in [6, 6.07) is 8.69. The summed E-state index contributed by atoms with van der Waals surface area (Å²) in [5.74, 6) is 1.41. The topological polar surface area (TPSA) is 62.9 Å². The van der Waals surface area contributed by atoms with Crippen molar-refractivity contribution in [2.45, 2.75) is 52.2 Å². The highest BCUT2D eigenvalue weighted by molar-refractivity contribution is 5.77. The summed E-state index contributed by atoms with van der Waals surface area (Å²) in [6.45, 7) is 10.1. The number of aliphatic imine (C=N–C) groups is 1. The number of aryl methyl sites for hydroxylation is 1. The van der Waals surface area contributed by atoms with Crippen molar-refractivity contribution in [2.75, 3.05) is 26.2 Å². The Morgan fingerprint density at radius 3 is 3.00 bits per heavy atom. The Morgan fingerprint density at radius 1 is 1.46 bits per heavy atom. The molecule has 0 spiro atoms. The molecule has 134 valence electrons. The Balaban J connectivity index is 1.79. The number of guanidine groups is 1. The third-order valence-electron chi connectivity index (χ3n) is 4.64. The van der Waals surface area contributed by atoms with Crippen molar-refractivity contribution < 1.29 is 4.74 Å². The van der Waals surface area contributed by atoms with E-state index in [0.29, 0.717) is 18.5 Å². The first-order valence-corrected chi connectivity index (χ1v) is 9.13. The molecule has 0 radical (unpaired) electrons. The third-order valence-corrected chi connectivity index (χ3v) is 4.64. The number of ether oxygens (including phenoxy) is 1. The zero-order valence-electron chi connectivity index (χ0n) is 15.3. The van der Waals surface area contributed by atoms with Crippen molar-refractivity contribution >= 4 is 5.96 Å². The zero-order chi connectivity index (χ0) is 17.4. The van der Waals surface area contributed by atoms with Crippen molar-refractivity contribution in [3.05, 3.63) is 29.8 Å². The standard InChI is InChI=1S/C19H32N4O/c1-4-17(24-18-10-6-8-15(3)12-18)14-22-19(20)21-13-16-9-7-11-23(16)5-2/h6,8,10,12,16-17H,4-5,7,9,11,13-14H2,1-3H3,(H3,20,21,22). The van der Waals surface area contributed by atoms with Gasteiger partial charge in [0.05, 0.1) is 6.54 Å². The van der Waals surface area contributed by atoms with E-state index in [2.05, 4.69) is 42.0 Å². The minimum atomic E-state index is 0.0470. The molecule has 24 heavy (non-hydrogen) atoms. The molecule has 1 aromatic carbocycles. The predicted molar refractivity (Wildman–Crippen MR) is 101 cm³/mol. The van der Waals surface area contributed by atoms with Crippen LogP contribution in [0.15, 0.2) is 29.3 Å². The maximum atomic E-state index is 6.02. The highest BCUT2D eigenvalue weighted by Gasteiger charge is 2.22. The van der Waals surface area contributed by atoms with Crippen LogP contribution in [0.5, 0.6) is 5.75 Å². The van der Waals surface area contributed by atoms with Gasteiger partial charge in [-0.1, -0.05) is 26.0 Å². The smallest absolute Gasteiger partial charge is 0.188 e. The molecule has 0 aromatic heterocycles. The Bertz CT molecular complexity index is 532. The average molecular weight is 332 g/mol. The summed E-state index contributed by atoms with van der Waals surface area (Å²) in [7, 11) is 0. The van der Waals surface area contributed by atoms with E-state index in [1.54, 1.807) is 0 Å². The van der Waals surface area contributed by atoms with Gasteiger partial charge in [0, 0.05) is 12.6 Å². The Hall–Kier alpha value is -1.75. The van der Waals surface area contributed by atoms with Crippen molar-refractivity contribution in [3.63, 3.8) is 0 Å². The molecule has 2 unspecified atom stereocenters. The number of likely N-dealkylation sites (N-methyl/N-ethyl adjacent to an activating group) is 1. The van der Waals surface area contributed by atoms with E-state index in [9.17, 15) is 0 Å². The average Bonchev–Trinajstić information content (AvgIpc) is 3.04. The normalized spacial score (nSPS) is 20.1. The molecule has 0 bridgehead atoms. The van der Waals surface area contributed by atoms with Crippen LogP contribution in [-0.2, 0) is 0 Å². The number of likely N-dealkylation sites (tertiary alicyclic amines) is 1. The van der Waals surface area contributed by atoms with E-state index in [1.807, 2.05) is 18.2 Å². The van der Waals surface area contributed by atoms with Crippen LogP contribution in [0.25, 0.3) is 0 Å². The molecule has 2 atom stereocenters. The largest absolute Gasteiger partial charge is 0.489 e. The van der Waals surface area contributed by atoms with Gasteiger partial charge in [0.15, 0.2) is 5.96 Å². The first-order chi connectivity index (χ1) is 11.6. The summed E-state index contributed by atoms with van der Waals surface area (Å²) in [4.78, 5) is 6.96. The number of hydrogen-bond acceptors (Lipinski definition) is 3. The van der Waals surface area contributed by atoms with E-state index < -0.39 is 0 Å². The fraction of sp³-hybridized carbons (Fsp3) is 0.632. The number of benzene rings is 1. The van der Waals surface area contributed by atoms with E-state index in [0.717, 1.165) is 25.3 Å². The SMILES string of the molecule is CCC(CN=C(N)NCC1CCCN1CC)Oc1cccc(C)c1. The molecule has 1 aromatic rings. The first-order valence-electron chi connectivity index (χ1n) is 9.13. The van der Waals surface area contributed by atoms with Crippen LogP contribution in [0.4, 0.5) is 0 Å². The molecule has 1 heterocycles. The monoisotopic (exact) mass is 332 g/mol. The first kappa shape index (κ1) is 18.6. The Labute approximate surface area is 146 Å². The Kier molecular flexibility index (Phi) is 7.37. The molecule has 1 saturated heterocycles. The van der Waals surface area contributed by atoms with Crippen LogP contribution >= 0.6 is 0 Å². The molecule has 1 fully saturated rings. The molecule has 1 aliphatic heterocycles.